The van der Waals surface area contributed by atoms with Gasteiger partial charge >= 0.3 is 0 Å². The highest BCUT2D eigenvalue weighted by Gasteiger charge is 2.18. The minimum Gasteiger partial charge on any atom is -0.309 e. The first-order valence-electron chi connectivity index (χ1n) is 8.87. The maximum absolute atomic E-state index is 12.9. The van der Waals surface area contributed by atoms with E-state index in [1.54, 1.807) is 17.0 Å². The number of nitrogens with one attached hydrogen (secondary N) is 1. The van der Waals surface area contributed by atoms with Gasteiger partial charge in [-0.1, -0.05) is 12.1 Å². The molecule has 0 saturated carbocycles. The predicted octanol–water partition coefficient (Wildman–Crippen LogP) is 2.50. The first-order chi connectivity index (χ1) is 12.7. The quantitative estimate of drug-likeness (QED) is 0.753. The molecule has 0 aliphatic rings. The van der Waals surface area contributed by atoms with Crippen molar-refractivity contribution in [3.05, 3.63) is 59.7 Å². The van der Waals surface area contributed by atoms with Gasteiger partial charge in [-0.15, -0.1) is 0 Å². The van der Waals surface area contributed by atoms with E-state index in [-0.39, 0.29) is 10.8 Å². The Morgan fingerprint density at radius 3 is 2.30 bits per heavy atom. The average molecular weight is 390 g/mol. The number of sulfonamides is 1. The van der Waals surface area contributed by atoms with Crippen LogP contribution in [0.4, 0.5) is 5.69 Å². The third-order valence-electron chi connectivity index (χ3n) is 4.14. The summed E-state index contributed by atoms with van der Waals surface area (Å²) >= 11 is 0. The number of aryl methyl sites for hydroxylation is 1. The van der Waals surface area contributed by atoms with Crippen molar-refractivity contribution < 1.29 is 13.2 Å². The van der Waals surface area contributed by atoms with Gasteiger partial charge in [0.1, 0.15) is 0 Å². The van der Waals surface area contributed by atoms with Gasteiger partial charge in [-0.25, -0.2) is 13.1 Å². The average Bonchev–Trinajstić information content (AvgIpc) is 2.62. The highest BCUT2D eigenvalue weighted by atomic mass is 32.2. The van der Waals surface area contributed by atoms with Crippen LogP contribution in [0.25, 0.3) is 0 Å². The first kappa shape index (κ1) is 21.1. The summed E-state index contributed by atoms with van der Waals surface area (Å²) in [6.45, 7) is 5.34. The van der Waals surface area contributed by atoms with E-state index in [1.165, 1.54) is 12.1 Å². The van der Waals surface area contributed by atoms with Gasteiger partial charge in [0.15, 0.2) is 0 Å². The van der Waals surface area contributed by atoms with E-state index in [0.717, 1.165) is 11.3 Å². The summed E-state index contributed by atoms with van der Waals surface area (Å²) in [5.41, 5.74) is 2.35. The smallest absolute Gasteiger partial charge is 0.258 e. The van der Waals surface area contributed by atoms with E-state index >= 15 is 0 Å². The number of rotatable bonds is 8. The molecule has 0 spiro atoms. The second-order valence-corrected chi connectivity index (χ2v) is 8.38. The maximum atomic E-state index is 12.9. The van der Waals surface area contributed by atoms with Crippen molar-refractivity contribution in [3.63, 3.8) is 0 Å². The summed E-state index contributed by atoms with van der Waals surface area (Å²) < 4.78 is 27.2. The van der Waals surface area contributed by atoms with Crippen LogP contribution in [-0.2, 0) is 10.0 Å². The van der Waals surface area contributed by atoms with Gasteiger partial charge in [-0.3, -0.25) is 4.79 Å². The van der Waals surface area contributed by atoms with Crippen LogP contribution in [0.15, 0.2) is 53.4 Å². The zero-order chi connectivity index (χ0) is 20.0. The monoisotopic (exact) mass is 389 g/mol. The summed E-state index contributed by atoms with van der Waals surface area (Å²) in [7, 11) is 0.171. The van der Waals surface area contributed by atoms with Gasteiger partial charge in [0.25, 0.3) is 5.91 Å². The normalized spacial score (nSPS) is 11.6. The van der Waals surface area contributed by atoms with Crippen LogP contribution in [-0.4, -0.2) is 53.0 Å². The third-order valence-corrected chi connectivity index (χ3v) is 5.61. The molecule has 0 atom stereocenters. The summed E-state index contributed by atoms with van der Waals surface area (Å²) in [6.07, 6.45) is 0. The van der Waals surface area contributed by atoms with Crippen LogP contribution >= 0.6 is 0 Å². The van der Waals surface area contributed by atoms with Gasteiger partial charge in [0.05, 0.1) is 4.90 Å². The van der Waals surface area contributed by atoms with Crippen LogP contribution in [0.3, 0.4) is 0 Å². The van der Waals surface area contributed by atoms with Gasteiger partial charge in [-0.2, -0.15) is 0 Å². The van der Waals surface area contributed by atoms with E-state index in [4.69, 9.17) is 0 Å². The van der Waals surface area contributed by atoms with Crippen molar-refractivity contribution in [2.24, 2.45) is 0 Å². The molecule has 0 aromatic heterocycles. The molecule has 2 rings (SSSR count). The van der Waals surface area contributed by atoms with Crippen LogP contribution in [0.5, 0.6) is 0 Å². The van der Waals surface area contributed by atoms with Gasteiger partial charge in [0, 0.05) is 30.9 Å². The minimum atomic E-state index is -3.58. The summed E-state index contributed by atoms with van der Waals surface area (Å²) in [4.78, 5) is 16.6. The highest BCUT2D eigenvalue weighted by molar-refractivity contribution is 7.89. The maximum Gasteiger partial charge on any atom is 0.258 e. The molecular formula is C20H27N3O3S. The summed E-state index contributed by atoms with van der Waals surface area (Å²) in [5, 5.41) is 0. The SMILES string of the molecule is CCN(C(=O)c1ccc(S(=O)(=O)NCCN(C)C)cc1)c1cccc(C)c1. The zero-order valence-electron chi connectivity index (χ0n) is 16.3. The molecule has 2 aromatic rings. The second-order valence-electron chi connectivity index (χ2n) is 6.61. The van der Waals surface area contributed by atoms with Crippen LogP contribution in [0, 0.1) is 6.92 Å². The van der Waals surface area contributed by atoms with Crippen molar-refractivity contribution in [2.75, 3.05) is 38.6 Å². The largest absolute Gasteiger partial charge is 0.309 e. The molecular weight excluding hydrogens is 362 g/mol. The molecule has 7 heteroatoms. The zero-order valence-corrected chi connectivity index (χ0v) is 17.1. The lowest BCUT2D eigenvalue weighted by atomic mass is 10.1. The minimum absolute atomic E-state index is 0.149. The lowest BCUT2D eigenvalue weighted by Gasteiger charge is -2.21. The van der Waals surface area contributed by atoms with Crippen molar-refractivity contribution >= 4 is 21.6 Å². The number of amides is 1. The Kier molecular flexibility index (Phi) is 7.12. The van der Waals surface area contributed by atoms with Gasteiger partial charge in [0.2, 0.25) is 10.0 Å². The Morgan fingerprint density at radius 1 is 1.07 bits per heavy atom. The van der Waals surface area contributed by atoms with Crippen molar-refractivity contribution in [2.45, 2.75) is 18.7 Å². The molecule has 0 aliphatic heterocycles. The Morgan fingerprint density at radius 2 is 1.74 bits per heavy atom. The first-order valence-corrected chi connectivity index (χ1v) is 10.4. The van der Waals surface area contributed by atoms with Gasteiger partial charge < -0.3 is 9.80 Å². The topological polar surface area (TPSA) is 69.7 Å². The lowest BCUT2D eigenvalue weighted by molar-refractivity contribution is 0.0988. The van der Waals surface area contributed by atoms with Crippen LogP contribution < -0.4 is 9.62 Å². The summed E-state index contributed by atoms with van der Waals surface area (Å²) in [5.74, 6) is -0.160. The number of carbonyl (C=O) groups excluding carboxylic acids is 1. The lowest BCUT2D eigenvalue weighted by Crippen LogP contribution is -2.32. The standard InChI is InChI=1S/C20H27N3O3S/c1-5-23(18-8-6-7-16(2)15-18)20(24)17-9-11-19(12-10-17)27(25,26)21-13-14-22(3)4/h6-12,15,21H,5,13-14H2,1-4H3. The number of hydrogen-bond acceptors (Lipinski definition) is 4. The Labute approximate surface area is 161 Å². The van der Waals surface area contributed by atoms with Crippen LogP contribution in [0.2, 0.25) is 0 Å². The number of likely N-dealkylation sites (N-methyl/N-ethyl adjacent to an activating group) is 1. The fraction of sp³-hybridized carbons (Fsp3) is 0.350. The molecule has 0 radical (unpaired) electrons. The molecule has 146 valence electrons. The number of nitrogens with zero attached hydrogens (tertiary/aromatic N) is 2. The molecule has 0 heterocycles. The molecule has 27 heavy (non-hydrogen) atoms. The molecule has 0 saturated heterocycles. The number of hydrogen-bond donors (Lipinski definition) is 1. The Balaban J connectivity index is 2.17. The Bertz CT molecular complexity index is 878. The fourth-order valence-corrected chi connectivity index (χ4v) is 3.68. The number of benzene rings is 2. The van der Waals surface area contributed by atoms with Crippen molar-refractivity contribution in [1.82, 2.24) is 9.62 Å². The third kappa shape index (κ3) is 5.63. The predicted molar refractivity (Wildman–Crippen MR) is 109 cm³/mol. The molecule has 0 fully saturated rings. The number of anilines is 1. The van der Waals surface area contributed by atoms with E-state index in [2.05, 4.69) is 4.72 Å². The molecule has 0 unspecified atom stereocenters. The number of carbonyl (C=O) groups is 1. The molecule has 2 aromatic carbocycles. The van der Waals surface area contributed by atoms with E-state index in [0.29, 0.717) is 25.2 Å². The molecule has 1 amide bonds. The molecule has 1 N–H and O–H groups in total. The Hall–Kier alpha value is -2.22. The van der Waals surface area contributed by atoms with Crippen LogP contribution in [0.1, 0.15) is 22.8 Å². The van der Waals surface area contributed by atoms with E-state index in [1.807, 2.05) is 57.1 Å². The highest BCUT2D eigenvalue weighted by Crippen LogP contribution is 2.19. The second kappa shape index (κ2) is 9.12. The molecule has 0 aliphatic carbocycles. The van der Waals surface area contributed by atoms with E-state index < -0.39 is 10.0 Å². The molecule has 6 nitrogen and oxygen atoms in total. The summed E-state index contributed by atoms with van der Waals surface area (Å²) in [6, 6.07) is 13.8. The van der Waals surface area contributed by atoms with Gasteiger partial charge in [-0.05, 0) is 69.9 Å². The van der Waals surface area contributed by atoms with Crippen molar-refractivity contribution in [3.8, 4) is 0 Å². The van der Waals surface area contributed by atoms with E-state index in [9.17, 15) is 13.2 Å². The molecule has 0 bridgehead atoms. The fourth-order valence-electron chi connectivity index (χ4n) is 2.66. The van der Waals surface area contributed by atoms with Crippen molar-refractivity contribution in [1.29, 1.82) is 0 Å².